The largest absolute Gasteiger partial charge is 0.363 e. The zero-order valence-corrected chi connectivity index (χ0v) is 23.4. The molecule has 1 aliphatic heterocycles. The Morgan fingerprint density at radius 2 is 2.03 bits per heavy atom. The number of piperazine rings is 1. The predicted molar refractivity (Wildman–Crippen MR) is 149 cm³/mol. The molecule has 0 saturated carbocycles. The van der Waals surface area contributed by atoms with E-state index in [0.29, 0.717) is 10.5 Å². The summed E-state index contributed by atoms with van der Waals surface area (Å²) in [5.74, 6) is 0. The first kappa shape index (κ1) is 24.9. The molecule has 1 aliphatic rings. The summed E-state index contributed by atoms with van der Waals surface area (Å²) in [7, 11) is 1.75. The third-order valence-corrected chi connectivity index (χ3v) is 9.07. The van der Waals surface area contributed by atoms with E-state index in [9.17, 15) is 10.1 Å². The lowest BCUT2D eigenvalue weighted by Crippen LogP contribution is -2.59. The molecule has 1 saturated heterocycles. The van der Waals surface area contributed by atoms with Gasteiger partial charge in [0.1, 0.15) is 16.5 Å². The van der Waals surface area contributed by atoms with Crippen molar-refractivity contribution in [1.82, 2.24) is 24.2 Å². The molecule has 10 heteroatoms. The van der Waals surface area contributed by atoms with Crippen LogP contribution in [0, 0.1) is 11.3 Å². The average molecular weight is 569 g/mol. The second kappa shape index (κ2) is 9.96. The number of pyridine rings is 1. The second-order valence-corrected chi connectivity index (χ2v) is 11.2. The van der Waals surface area contributed by atoms with E-state index in [1.54, 1.807) is 33.8 Å². The smallest absolute Gasteiger partial charge is 0.267 e. The first-order valence-electron chi connectivity index (χ1n) is 12.4. The number of thiazole rings is 1. The molecule has 8 nitrogen and oxygen atoms in total. The molecular weight excluding hydrogens is 538 g/mol. The Hall–Kier alpha value is -2.74. The fraction of sp³-hybridized carbons (Fsp3) is 0.462. The third-order valence-electron chi connectivity index (χ3n) is 7.56. The molecule has 188 valence electrons. The number of aryl methyl sites for hydroxylation is 1. The van der Waals surface area contributed by atoms with Crippen LogP contribution in [-0.4, -0.2) is 49.4 Å². The Bertz CT molecular complexity index is 1520. The molecule has 0 spiro atoms. The van der Waals surface area contributed by atoms with Gasteiger partial charge in [0.2, 0.25) is 0 Å². The van der Waals surface area contributed by atoms with Crippen LogP contribution >= 0.6 is 27.3 Å². The van der Waals surface area contributed by atoms with Gasteiger partial charge in [-0.1, -0.05) is 19.9 Å². The lowest BCUT2D eigenvalue weighted by molar-refractivity contribution is 0.101. The van der Waals surface area contributed by atoms with Crippen LogP contribution in [0.1, 0.15) is 45.2 Å². The van der Waals surface area contributed by atoms with Crippen LogP contribution in [0.15, 0.2) is 39.2 Å². The molecule has 1 unspecified atom stereocenters. The number of nitriles is 1. The zero-order valence-electron chi connectivity index (χ0n) is 21.0. The molecule has 4 heterocycles. The number of fused-ring (bicyclic) bond motifs is 2. The quantitative estimate of drug-likeness (QED) is 0.323. The van der Waals surface area contributed by atoms with Crippen LogP contribution < -0.4 is 10.5 Å². The lowest BCUT2D eigenvalue weighted by atomic mass is 9.96. The van der Waals surface area contributed by atoms with Crippen molar-refractivity contribution >= 4 is 54.2 Å². The summed E-state index contributed by atoms with van der Waals surface area (Å²) in [6, 6.07) is 9.55. The highest BCUT2D eigenvalue weighted by Gasteiger charge is 2.37. The van der Waals surface area contributed by atoms with Gasteiger partial charge in [-0.2, -0.15) is 10.4 Å². The van der Waals surface area contributed by atoms with E-state index in [1.165, 1.54) is 10.3 Å². The lowest BCUT2D eigenvalue weighted by Gasteiger charge is -2.49. The van der Waals surface area contributed by atoms with Crippen LogP contribution in [0.4, 0.5) is 5.69 Å². The normalized spacial score (nSPS) is 19.7. The highest BCUT2D eigenvalue weighted by molar-refractivity contribution is 9.10. The maximum atomic E-state index is 13.2. The van der Waals surface area contributed by atoms with E-state index in [0.717, 1.165) is 48.2 Å². The standard InChI is InChI=1S/C26H30BrN7OS/c1-5-18-13-34(25-23(27)26(35)31(4)21-14-32(10-9-28)30-24(21)25)19(6-2)12-33(18)16(3)17-7-8-20-22(11-17)36-15-29-20/h7-8,11,14-16,18-19H,5-6,10,12-13H2,1-4H3/t16?,18-,19+/m1/s1. The first-order valence-corrected chi connectivity index (χ1v) is 14.0. The van der Waals surface area contributed by atoms with Gasteiger partial charge in [-0.3, -0.25) is 14.4 Å². The van der Waals surface area contributed by atoms with Gasteiger partial charge < -0.3 is 9.47 Å². The summed E-state index contributed by atoms with van der Waals surface area (Å²) in [5.41, 5.74) is 6.50. The molecule has 3 aromatic heterocycles. The second-order valence-electron chi connectivity index (χ2n) is 9.47. The molecule has 5 rings (SSSR count). The molecule has 0 N–H and O–H groups in total. The fourth-order valence-electron chi connectivity index (χ4n) is 5.46. The van der Waals surface area contributed by atoms with Crippen LogP contribution in [-0.2, 0) is 13.6 Å². The van der Waals surface area contributed by atoms with Gasteiger partial charge in [0.05, 0.1) is 39.2 Å². The minimum absolute atomic E-state index is 0.0921. The van der Waals surface area contributed by atoms with Crippen LogP contribution in [0.5, 0.6) is 0 Å². The van der Waals surface area contributed by atoms with Crippen molar-refractivity contribution in [3.05, 3.63) is 50.3 Å². The van der Waals surface area contributed by atoms with Crippen molar-refractivity contribution in [3.63, 3.8) is 0 Å². The first-order chi connectivity index (χ1) is 17.4. The number of anilines is 1. The van der Waals surface area contributed by atoms with Gasteiger partial charge in [-0.05, 0) is 53.4 Å². The van der Waals surface area contributed by atoms with Crippen molar-refractivity contribution in [2.24, 2.45) is 7.05 Å². The molecule has 36 heavy (non-hydrogen) atoms. The number of aromatic nitrogens is 4. The summed E-state index contributed by atoms with van der Waals surface area (Å²) in [5, 5.41) is 13.9. The Kier molecular flexibility index (Phi) is 6.90. The maximum Gasteiger partial charge on any atom is 0.267 e. The van der Waals surface area contributed by atoms with Gasteiger partial charge in [0, 0.05) is 38.3 Å². The number of hydrogen-bond acceptors (Lipinski definition) is 7. The van der Waals surface area contributed by atoms with E-state index in [-0.39, 0.29) is 24.2 Å². The summed E-state index contributed by atoms with van der Waals surface area (Å²) in [6.07, 6.45) is 3.73. The SMILES string of the molecule is CC[C@H]1CN(C(C)c2ccc3ncsc3c2)[C@H](CC)CN1c1c(Br)c(=O)n(C)c2cn(CC#N)nc12. The van der Waals surface area contributed by atoms with Crippen LogP contribution in [0.3, 0.4) is 0 Å². The summed E-state index contributed by atoms with van der Waals surface area (Å²) in [4.78, 5) is 22.6. The van der Waals surface area contributed by atoms with Gasteiger partial charge >= 0.3 is 0 Å². The highest BCUT2D eigenvalue weighted by Crippen LogP contribution is 2.38. The van der Waals surface area contributed by atoms with Gasteiger partial charge in [-0.15, -0.1) is 11.3 Å². The molecule has 1 aromatic carbocycles. The third kappa shape index (κ3) is 4.13. The molecule has 0 aliphatic carbocycles. The van der Waals surface area contributed by atoms with E-state index >= 15 is 0 Å². The minimum atomic E-state index is -0.0921. The van der Waals surface area contributed by atoms with E-state index in [4.69, 9.17) is 5.10 Å². The maximum absolute atomic E-state index is 13.2. The van der Waals surface area contributed by atoms with Crippen molar-refractivity contribution in [1.29, 1.82) is 5.26 Å². The summed E-state index contributed by atoms with van der Waals surface area (Å²) < 4.78 is 4.98. The fourth-order valence-corrected chi connectivity index (χ4v) is 6.87. The summed E-state index contributed by atoms with van der Waals surface area (Å²) in [6.45, 7) is 8.56. The molecule has 0 radical (unpaired) electrons. The molecule has 3 atom stereocenters. The van der Waals surface area contributed by atoms with Crippen molar-refractivity contribution in [2.45, 2.75) is 58.3 Å². The van der Waals surface area contributed by atoms with Gasteiger partial charge in [0.25, 0.3) is 5.56 Å². The number of nitrogens with zero attached hydrogens (tertiary/aromatic N) is 7. The number of benzene rings is 1. The predicted octanol–water partition coefficient (Wildman–Crippen LogP) is 5.07. The van der Waals surface area contributed by atoms with E-state index < -0.39 is 0 Å². The minimum Gasteiger partial charge on any atom is -0.363 e. The Balaban J connectivity index is 1.54. The molecule has 0 amide bonds. The van der Waals surface area contributed by atoms with Crippen molar-refractivity contribution < 1.29 is 0 Å². The van der Waals surface area contributed by atoms with Crippen molar-refractivity contribution in [2.75, 3.05) is 18.0 Å². The Labute approximate surface area is 222 Å². The number of rotatable bonds is 6. The molecule has 0 bridgehead atoms. The number of halogens is 1. The van der Waals surface area contributed by atoms with E-state index in [2.05, 4.69) is 75.8 Å². The topological polar surface area (TPSA) is 83.0 Å². The Morgan fingerprint density at radius 1 is 1.25 bits per heavy atom. The summed E-state index contributed by atoms with van der Waals surface area (Å²) >= 11 is 5.31. The van der Waals surface area contributed by atoms with Crippen molar-refractivity contribution in [3.8, 4) is 6.07 Å². The molecular formula is C26H30BrN7OS. The molecule has 1 fully saturated rings. The molecule has 4 aromatic rings. The van der Waals surface area contributed by atoms with E-state index in [1.807, 2.05) is 5.51 Å². The zero-order chi connectivity index (χ0) is 25.6. The van der Waals surface area contributed by atoms with Gasteiger partial charge in [-0.25, -0.2) is 4.98 Å². The number of hydrogen-bond donors (Lipinski definition) is 0. The highest BCUT2D eigenvalue weighted by atomic mass is 79.9. The Morgan fingerprint density at radius 3 is 2.75 bits per heavy atom. The van der Waals surface area contributed by atoms with Crippen LogP contribution in [0.25, 0.3) is 21.3 Å². The van der Waals surface area contributed by atoms with Gasteiger partial charge in [0.15, 0.2) is 0 Å². The average Bonchev–Trinajstić information content (AvgIpc) is 3.53. The monoisotopic (exact) mass is 567 g/mol. The van der Waals surface area contributed by atoms with Crippen LogP contribution in [0.2, 0.25) is 0 Å².